The van der Waals surface area contributed by atoms with Crippen LogP contribution in [0.1, 0.15) is 11.1 Å². The van der Waals surface area contributed by atoms with E-state index in [4.69, 9.17) is 0 Å². The summed E-state index contributed by atoms with van der Waals surface area (Å²) in [7, 11) is 1.89. The van der Waals surface area contributed by atoms with Crippen LogP contribution in [0.3, 0.4) is 0 Å². The Bertz CT molecular complexity index is 566. The first-order valence-corrected chi connectivity index (χ1v) is 6.60. The quantitative estimate of drug-likeness (QED) is 0.892. The molecule has 0 spiro atoms. The standard InChI is InChI=1S/C15H15BrFN/c1-10-3-4-11(9-18-2)13(7-10)14-8-12(16)5-6-15(14)17/h3-8,18H,9H2,1-2H3. The maximum Gasteiger partial charge on any atom is 0.131 e. The highest BCUT2D eigenvalue weighted by molar-refractivity contribution is 9.10. The molecule has 1 N–H and O–H groups in total. The lowest BCUT2D eigenvalue weighted by Crippen LogP contribution is -2.06. The highest BCUT2D eigenvalue weighted by atomic mass is 79.9. The molecule has 0 aliphatic carbocycles. The molecule has 18 heavy (non-hydrogen) atoms. The number of aryl methyl sites for hydroxylation is 1. The molecule has 1 nitrogen and oxygen atoms in total. The Hall–Kier alpha value is -1.19. The summed E-state index contributed by atoms with van der Waals surface area (Å²) in [5.41, 5.74) is 3.81. The zero-order valence-electron chi connectivity index (χ0n) is 10.4. The summed E-state index contributed by atoms with van der Waals surface area (Å²) in [5.74, 6) is -0.193. The van der Waals surface area contributed by atoms with E-state index in [1.807, 2.05) is 38.2 Å². The van der Waals surface area contributed by atoms with Crippen molar-refractivity contribution in [2.45, 2.75) is 13.5 Å². The second-order valence-corrected chi connectivity index (χ2v) is 5.23. The molecular formula is C15H15BrFN. The predicted octanol–water partition coefficient (Wildman–Crippen LogP) is 4.28. The highest BCUT2D eigenvalue weighted by Gasteiger charge is 2.10. The first-order chi connectivity index (χ1) is 8.61. The molecule has 0 aliphatic rings. The molecule has 0 saturated heterocycles. The minimum atomic E-state index is -0.193. The van der Waals surface area contributed by atoms with E-state index in [2.05, 4.69) is 21.2 Å². The smallest absolute Gasteiger partial charge is 0.131 e. The molecule has 0 unspecified atom stereocenters. The zero-order chi connectivity index (χ0) is 13.1. The van der Waals surface area contributed by atoms with Gasteiger partial charge in [-0.15, -0.1) is 0 Å². The Morgan fingerprint density at radius 3 is 2.61 bits per heavy atom. The molecule has 0 fully saturated rings. The van der Waals surface area contributed by atoms with Crippen molar-refractivity contribution in [3.63, 3.8) is 0 Å². The summed E-state index contributed by atoms with van der Waals surface area (Å²) in [5, 5.41) is 3.11. The number of nitrogens with one attached hydrogen (secondary N) is 1. The van der Waals surface area contributed by atoms with Gasteiger partial charge in [0.1, 0.15) is 5.82 Å². The first-order valence-electron chi connectivity index (χ1n) is 5.81. The molecule has 2 aromatic rings. The molecule has 0 bridgehead atoms. The molecule has 0 radical (unpaired) electrons. The van der Waals surface area contributed by atoms with Crippen molar-refractivity contribution in [2.24, 2.45) is 0 Å². The fraction of sp³-hybridized carbons (Fsp3) is 0.200. The van der Waals surface area contributed by atoms with Crippen molar-refractivity contribution in [1.29, 1.82) is 0 Å². The Morgan fingerprint density at radius 2 is 1.89 bits per heavy atom. The maximum absolute atomic E-state index is 14.0. The van der Waals surface area contributed by atoms with E-state index in [0.29, 0.717) is 5.56 Å². The third kappa shape index (κ3) is 2.79. The average molecular weight is 308 g/mol. The molecule has 0 aliphatic heterocycles. The number of benzene rings is 2. The lowest BCUT2D eigenvalue weighted by Gasteiger charge is -2.12. The lowest BCUT2D eigenvalue weighted by atomic mass is 9.97. The van der Waals surface area contributed by atoms with Gasteiger partial charge in [-0.05, 0) is 43.3 Å². The summed E-state index contributed by atoms with van der Waals surface area (Å²) in [6.07, 6.45) is 0. The third-order valence-electron chi connectivity index (χ3n) is 2.85. The van der Waals surface area contributed by atoms with E-state index in [9.17, 15) is 4.39 Å². The normalized spacial score (nSPS) is 10.7. The number of hydrogen-bond acceptors (Lipinski definition) is 1. The van der Waals surface area contributed by atoms with Gasteiger partial charge in [0.25, 0.3) is 0 Å². The van der Waals surface area contributed by atoms with Gasteiger partial charge in [-0.3, -0.25) is 0 Å². The third-order valence-corrected chi connectivity index (χ3v) is 3.34. The second-order valence-electron chi connectivity index (χ2n) is 4.32. The number of hydrogen-bond donors (Lipinski definition) is 1. The first kappa shape index (κ1) is 13.2. The summed E-state index contributed by atoms with van der Waals surface area (Å²) in [4.78, 5) is 0. The van der Waals surface area contributed by atoms with Crippen LogP contribution >= 0.6 is 15.9 Å². The summed E-state index contributed by atoms with van der Waals surface area (Å²) < 4.78 is 14.9. The Kier molecular flexibility index (Phi) is 4.15. The van der Waals surface area contributed by atoms with Crippen LogP contribution in [-0.4, -0.2) is 7.05 Å². The number of halogens is 2. The minimum Gasteiger partial charge on any atom is -0.316 e. The van der Waals surface area contributed by atoms with Crippen LogP contribution in [0.2, 0.25) is 0 Å². The lowest BCUT2D eigenvalue weighted by molar-refractivity contribution is 0.630. The predicted molar refractivity (Wildman–Crippen MR) is 77.0 cm³/mol. The van der Waals surface area contributed by atoms with Crippen molar-refractivity contribution < 1.29 is 4.39 Å². The van der Waals surface area contributed by atoms with E-state index in [1.54, 1.807) is 6.07 Å². The average Bonchev–Trinajstić information content (AvgIpc) is 2.35. The Labute approximate surface area is 115 Å². The minimum absolute atomic E-state index is 0.193. The van der Waals surface area contributed by atoms with Crippen molar-refractivity contribution in [2.75, 3.05) is 7.05 Å². The highest BCUT2D eigenvalue weighted by Crippen LogP contribution is 2.30. The topological polar surface area (TPSA) is 12.0 Å². The number of rotatable bonds is 3. The van der Waals surface area contributed by atoms with E-state index in [0.717, 1.165) is 27.7 Å². The fourth-order valence-corrected chi connectivity index (χ4v) is 2.35. The molecule has 0 saturated carbocycles. The van der Waals surface area contributed by atoms with Crippen LogP contribution in [-0.2, 0) is 6.54 Å². The van der Waals surface area contributed by atoms with Crippen molar-refractivity contribution in [3.05, 3.63) is 57.8 Å². The summed E-state index contributed by atoms with van der Waals surface area (Å²) >= 11 is 3.39. The SMILES string of the molecule is CNCc1ccc(C)cc1-c1cc(Br)ccc1F. The van der Waals surface area contributed by atoms with E-state index >= 15 is 0 Å². The van der Waals surface area contributed by atoms with Gasteiger partial charge < -0.3 is 5.32 Å². The molecule has 94 valence electrons. The Balaban J connectivity index is 2.61. The van der Waals surface area contributed by atoms with Crippen LogP contribution in [0.4, 0.5) is 4.39 Å². The van der Waals surface area contributed by atoms with Crippen molar-refractivity contribution >= 4 is 15.9 Å². The van der Waals surface area contributed by atoms with Gasteiger partial charge in [0.2, 0.25) is 0 Å². The van der Waals surface area contributed by atoms with Crippen LogP contribution in [0.15, 0.2) is 40.9 Å². The summed E-state index contributed by atoms with van der Waals surface area (Å²) in [6, 6.07) is 11.1. The van der Waals surface area contributed by atoms with Gasteiger partial charge in [-0.1, -0.05) is 39.7 Å². The summed E-state index contributed by atoms with van der Waals surface area (Å²) in [6.45, 7) is 2.74. The van der Waals surface area contributed by atoms with Gasteiger partial charge in [0.05, 0.1) is 0 Å². The van der Waals surface area contributed by atoms with Crippen molar-refractivity contribution in [3.8, 4) is 11.1 Å². The monoisotopic (exact) mass is 307 g/mol. The van der Waals surface area contributed by atoms with Crippen LogP contribution in [0.25, 0.3) is 11.1 Å². The van der Waals surface area contributed by atoms with Gasteiger partial charge in [0.15, 0.2) is 0 Å². The van der Waals surface area contributed by atoms with E-state index in [1.165, 1.54) is 6.07 Å². The van der Waals surface area contributed by atoms with Crippen molar-refractivity contribution in [1.82, 2.24) is 5.32 Å². The van der Waals surface area contributed by atoms with Crippen LogP contribution in [0, 0.1) is 12.7 Å². The molecule has 2 aromatic carbocycles. The molecule has 3 heteroatoms. The van der Waals surface area contributed by atoms with Crippen LogP contribution < -0.4 is 5.32 Å². The second kappa shape index (κ2) is 5.63. The molecule has 0 aromatic heterocycles. The largest absolute Gasteiger partial charge is 0.316 e. The molecule has 0 heterocycles. The van der Waals surface area contributed by atoms with Crippen LogP contribution in [0.5, 0.6) is 0 Å². The van der Waals surface area contributed by atoms with E-state index < -0.39 is 0 Å². The molecule has 0 amide bonds. The van der Waals surface area contributed by atoms with Gasteiger partial charge in [-0.25, -0.2) is 4.39 Å². The molecule has 0 atom stereocenters. The van der Waals surface area contributed by atoms with Gasteiger partial charge in [0, 0.05) is 16.6 Å². The Morgan fingerprint density at radius 1 is 1.11 bits per heavy atom. The van der Waals surface area contributed by atoms with Gasteiger partial charge >= 0.3 is 0 Å². The zero-order valence-corrected chi connectivity index (χ0v) is 12.0. The molecule has 2 rings (SSSR count). The fourth-order valence-electron chi connectivity index (χ4n) is 1.99. The van der Waals surface area contributed by atoms with Gasteiger partial charge in [-0.2, -0.15) is 0 Å². The maximum atomic E-state index is 14.0. The van der Waals surface area contributed by atoms with E-state index in [-0.39, 0.29) is 5.82 Å². The molecular weight excluding hydrogens is 293 g/mol.